The summed E-state index contributed by atoms with van der Waals surface area (Å²) in [4.78, 5) is 7.92. The summed E-state index contributed by atoms with van der Waals surface area (Å²) in [6.07, 6.45) is 4.30. The topological polar surface area (TPSA) is 28.7 Å². The molecule has 3 aromatic rings. The average Bonchev–Trinajstić information content (AvgIpc) is 2.86. The lowest BCUT2D eigenvalue weighted by Crippen LogP contribution is -1.76. The molecule has 0 spiro atoms. The molecule has 2 aromatic carbocycles. The van der Waals surface area contributed by atoms with Crippen LogP contribution in [0.5, 0.6) is 0 Å². The van der Waals surface area contributed by atoms with Crippen LogP contribution in [0.2, 0.25) is 0 Å². The van der Waals surface area contributed by atoms with Gasteiger partial charge in [0.25, 0.3) is 0 Å². The highest BCUT2D eigenvalue weighted by atomic mass is 32.2. The van der Waals surface area contributed by atoms with Crippen molar-refractivity contribution in [3.8, 4) is 0 Å². The molecular formula is C17H16N2S. The summed E-state index contributed by atoms with van der Waals surface area (Å²) < 4.78 is 0. The predicted octanol–water partition coefficient (Wildman–Crippen LogP) is 4.68. The number of thioether (sulfide) groups is 1. The van der Waals surface area contributed by atoms with Crippen LogP contribution < -0.4 is 0 Å². The third-order valence-corrected chi connectivity index (χ3v) is 3.87. The van der Waals surface area contributed by atoms with Crippen molar-refractivity contribution >= 4 is 28.9 Å². The molecule has 0 aliphatic heterocycles. The summed E-state index contributed by atoms with van der Waals surface area (Å²) >= 11 is 1.72. The lowest BCUT2D eigenvalue weighted by atomic mass is 10.2. The zero-order chi connectivity index (χ0) is 13.8. The summed E-state index contributed by atoms with van der Waals surface area (Å²) in [6.45, 7) is 2.09. The van der Waals surface area contributed by atoms with Gasteiger partial charge in [-0.05, 0) is 30.2 Å². The van der Waals surface area contributed by atoms with Gasteiger partial charge in [0.1, 0.15) is 0 Å². The number of rotatable bonds is 4. The van der Waals surface area contributed by atoms with E-state index in [1.54, 1.807) is 11.8 Å². The number of aromatic amines is 1. The minimum absolute atomic E-state index is 0.910. The third kappa shape index (κ3) is 3.11. The van der Waals surface area contributed by atoms with Crippen molar-refractivity contribution in [3.05, 3.63) is 65.7 Å². The van der Waals surface area contributed by atoms with Gasteiger partial charge in [-0.1, -0.05) is 60.3 Å². The predicted molar refractivity (Wildman–Crippen MR) is 87.0 cm³/mol. The molecule has 0 saturated heterocycles. The van der Waals surface area contributed by atoms with Gasteiger partial charge in [0.2, 0.25) is 0 Å². The van der Waals surface area contributed by atoms with E-state index in [1.165, 1.54) is 11.1 Å². The van der Waals surface area contributed by atoms with E-state index in [2.05, 4.69) is 59.4 Å². The fourth-order valence-corrected chi connectivity index (χ4v) is 2.74. The van der Waals surface area contributed by atoms with E-state index >= 15 is 0 Å². The van der Waals surface area contributed by atoms with Crippen molar-refractivity contribution in [2.24, 2.45) is 0 Å². The molecule has 0 unspecified atom stereocenters. The van der Waals surface area contributed by atoms with Gasteiger partial charge in [0.05, 0.1) is 11.0 Å². The van der Waals surface area contributed by atoms with Crippen molar-refractivity contribution in [2.45, 2.75) is 12.1 Å². The Bertz CT molecular complexity index is 729. The number of hydrogen-bond donors (Lipinski definition) is 1. The van der Waals surface area contributed by atoms with Gasteiger partial charge >= 0.3 is 0 Å². The molecule has 1 heterocycles. The van der Waals surface area contributed by atoms with Gasteiger partial charge in [-0.2, -0.15) is 0 Å². The monoisotopic (exact) mass is 280 g/mol. The lowest BCUT2D eigenvalue weighted by molar-refractivity contribution is 1.08. The molecule has 1 N–H and O–H groups in total. The summed E-state index contributed by atoms with van der Waals surface area (Å²) in [5.41, 5.74) is 4.62. The molecular weight excluding hydrogens is 264 g/mol. The normalized spacial score (nSPS) is 11.4. The minimum Gasteiger partial charge on any atom is -0.333 e. The van der Waals surface area contributed by atoms with Crippen LogP contribution in [-0.4, -0.2) is 15.7 Å². The van der Waals surface area contributed by atoms with Gasteiger partial charge in [-0.25, -0.2) is 4.98 Å². The van der Waals surface area contributed by atoms with Crippen LogP contribution in [-0.2, 0) is 0 Å². The number of H-pyrrole nitrogens is 1. The molecule has 0 amide bonds. The summed E-state index contributed by atoms with van der Waals surface area (Å²) in [5, 5.41) is 0.975. The number of imidazole rings is 1. The molecule has 3 heteroatoms. The van der Waals surface area contributed by atoms with E-state index < -0.39 is 0 Å². The van der Waals surface area contributed by atoms with E-state index in [0.717, 1.165) is 21.9 Å². The molecule has 0 aliphatic carbocycles. The SMILES string of the molecule is Cc1ccc2nc(SCC=Cc3ccccc3)[nH]c2c1. The van der Waals surface area contributed by atoms with Crippen LogP contribution in [0.25, 0.3) is 17.1 Å². The van der Waals surface area contributed by atoms with E-state index in [0.29, 0.717) is 0 Å². The lowest BCUT2D eigenvalue weighted by Gasteiger charge is -1.92. The molecule has 3 rings (SSSR count). The number of nitrogens with one attached hydrogen (secondary N) is 1. The Morgan fingerprint density at radius 3 is 2.85 bits per heavy atom. The first kappa shape index (κ1) is 13.0. The van der Waals surface area contributed by atoms with E-state index in [9.17, 15) is 0 Å². The van der Waals surface area contributed by atoms with Crippen molar-refractivity contribution in [2.75, 3.05) is 5.75 Å². The zero-order valence-corrected chi connectivity index (χ0v) is 12.2. The van der Waals surface area contributed by atoms with Gasteiger partial charge in [0, 0.05) is 5.75 Å². The average molecular weight is 280 g/mol. The molecule has 0 radical (unpaired) electrons. The molecule has 1 aromatic heterocycles. The molecule has 0 fully saturated rings. The van der Waals surface area contributed by atoms with Crippen molar-refractivity contribution < 1.29 is 0 Å². The van der Waals surface area contributed by atoms with Crippen LogP contribution in [0.15, 0.2) is 59.8 Å². The van der Waals surface area contributed by atoms with Gasteiger partial charge in [-0.3, -0.25) is 0 Å². The first-order valence-corrected chi connectivity index (χ1v) is 7.60. The molecule has 0 atom stereocenters. The first-order chi connectivity index (χ1) is 9.81. The van der Waals surface area contributed by atoms with Gasteiger partial charge < -0.3 is 4.98 Å². The Balaban J connectivity index is 1.64. The maximum Gasteiger partial charge on any atom is 0.166 e. The highest BCUT2D eigenvalue weighted by Gasteiger charge is 2.02. The second-order valence-corrected chi connectivity index (χ2v) is 5.70. The van der Waals surface area contributed by atoms with Gasteiger partial charge in [-0.15, -0.1) is 0 Å². The summed E-state index contributed by atoms with van der Waals surface area (Å²) in [7, 11) is 0. The molecule has 100 valence electrons. The summed E-state index contributed by atoms with van der Waals surface area (Å²) in [5.74, 6) is 0.910. The second kappa shape index (κ2) is 5.97. The fraction of sp³-hybridized carbons (Fsp3) is 0.118. The highest BCUT2D eigenvalue weighted by molar-refractivity contribution is 7.99. The first-order valence-electron chi connectivity index (χ1n) is 6.62. The highest BCUT2D eigenvalue weighted by Crippen LogP contribution is 2.20. The van der Waals surface area contributed by atoms with E-state index in [1.807, 2.05) is 18.2 Å². The van der Waals surface area contributed by atoms with E-state index in [-0.39, 0.29) is 0 Å². The quantitative estimate of drug-likeness (QED) is 0.703. The Morgan fingerprint density at radius 2 is 2.00 bits per heavy atom. The molecule has 2 nitrogen and oxygen atoms in total. The van der Waals surface area contributed by atoms with Crippen LogP contribution in [0.4, 0.5) is 0 Å². The molecule has 20 heavy (non-hydrogen) atoms. The number of benzene rings is 2. The Kier molecular flexibility index (Phi) is 3.88. The Morgan fingerprint density at radius 1 is 1.15 bits per heavy atom. The minimum atomic E-state index is 0.910. The van der Waals surface area contributed by atoms with Crippen LogP contribution in [0.1, 0.15) is 11.1 Å². The number of fused-ring (bicyclic) bond motifs is 1. The number of nitrogens with zero attached hydrogens (tertiary/aromatic N) is 1. The van der Waals surface area contributed by atoms with Gasteiger partial charge in [0.15, 0.2) is 5.16 Å². The van der Waals surface area contributed by atoms with Crippen molar-refractivity contribution in [3.63, 3.8) is 0 Å². The molecule has 0 bridgehead atoms. The van der Waals surface area contributed by atoms with Crippen molar-refractivity contribution in [1.29, 1.82) is 0 Å². The summed E-state index contributed by atoms with van der Waals surface area (Å²) in [6, 6.07) is 16.6. The largest absolute Gasteiger partial charge is 0.333 e. The molecule has 0 aliphatic rings. The second-order valence-electron chi connectivity index (χ2n) is 4.69. The van der Waals surface area contributed by atoms with E-state index in [4.69, 9.17) is 0 Å². The van der Waals surface area contributed by atoms with Crippen molar-refractivity contribution in [1.82, 2.24) is 9.97 Å². The third-order valence-electron chi connectivity index (χ3n) is 3.04. The van der Waals surface area contributed by atoms with Crippen LogP contribution in [0.3, 0.4) is 0 Å². The Labute approximate surface area is 122 Å². The zero-order valence-electron chi connectivity index (χ0n) is 11.3. The van der Waals surface area contributed by atoms with Crippen LogP contribution >= 0.6 is 11.8 Å². The standard InChI is InChI=1S/C17H16N2S/c1-13-9-10-15-16(12-13)19-17(18-15)20-11-5-8-14-6-3-2-4-7-14/h2-10,12H,11H2,1H3,(H,18,19). The molecule has 0 saturated carbocycles. The Hall–Kier alpha value is -2.00. The maximum absolute atomic E-state index is 4.57. The maximum atomic E-state index is 4.57. The number of aromatic nitrogens is 2. The van der Waals surface area contributed by atoms with Crippen LogP contribution in [0, 0.1) is 6.92 Å². The number of aryl methyl sites for hydroxylation is 1. The fourth-order valence-electron chi connectivity index (χ4n) is 2.04. The smallest absolute Gasteiger partial charge is 0.166 e. The number of hydrogen-bond acceptors (Lipinski definition) is 2.